The quantitative estimate of drug-likeness (QED) is 0.832. The highest BCUT2D eigenvalue weighted by atomic mass is 35.5. The number of benzene rings is 1. The largest absolute Gasteiger partial charge is 0.319 e. The molecule has 0 fully saturated rings. The van der Waals surface area contributed by atoms with Crippen molar-refractivity contribution >= 4 is 46.4 Å². The first-order valence-electron chi connectivity index (χ1n) is 5.05. The van der Waals surface area contributed by atoms with Crippen molar-refractivity contribution in [3.8, 4) is 0 Å². The van der Waals surface area contributed by atoms with Crippen LogP contribution in [0.3, 0.4) is 0 Å². The van der Waals surface area contributed by atoms with Gasteiger partial charge in [-0.2, -0.15) is 0 Å². The lowest BCUT2D eigenvalue weighted by Gasteiger charge is -2.10. The second kappa shape index (κ2) is 5.74. The molecule has 0 aliphatic rings. The van der Waals surface area contributed by atoms with Gasteiger partial charge in [0, 0.05) is 6.20 Å². The van der Waals surface area contributed by atoms with Gasteiger partial charge in [-0.3, -0.25) is 4.79 Å². The van der Waals surface area contributed by atoms with E-state index in [0.29, 0.717) is 0 Å². The topological polar surface area (TPSA) is 42.0 Å². The number of aromatic nitrogens is 1. The second-order valence-electron chi connectivity index (χ2n) is 3.54. The Hall–Kier alpha value is -1.36. The Labute approximate surface area is 123 Å². The fourth-order valence-electron chi connectivity index (χ4n) is 1.40. The number of hydrogen-bond acceptors (Lipinski definition) is 2. The molecule has 1 aromatic carbocycles. The average molecular weight is 320 g/mol. The summed E-state index contributed by atoms with van der Waals surface area (Å²) >= 11 is 17.4. The Morgan fingerprint density at radius 3 is 2.42 bits per heavy atom. The first-order valence-corrected chi connectivity index (χ1v) is 6.19. The minimum absolute atomic E-state index is 0.00152. The molecule has 1 N–H and O–H groups in total. The van der Waals surface area contributed by atoms with E-state index in [2.05, 4.69) is 10.3 Å². The minimum Gasteiger partial charge on any atom is -0.319 e. The highest BCUT2D eigenvalue weighted by molar-refractivity contribution is 6.40. The first-order chi connectivity index (χ1) is 8.99. The number of rotatable bonds is 2. The van der Waals surface area contributed by atoms with Crippen LogP contribution < -0.4 is 5.32 Å². The zero-order chi connectivity index (χ0) is 14.0. The molecule has 0 saturated heterocycles. The molecule has 0 aliphatic carbocycles. The highest BCUT2D eigenvalue weighted by Gasteiger charge is 2.15. The summed E-state index contributed by atoms with van der Waals surface area (Å²) in [6, 6.07) is 5.16. The van der Waals surface area contributed by atoms with Crippen molar-refractivity contribution in [2.75, 3.05) is 5.32 Å². The van der Waals surface area contributed by atoms with Crippen molar-refractivity contribution in [3.05, 3.63) is 57.0 Å². The van der Waals surface area contributed by atoms with Gasteiger partial charge in [0.05, 0.1) is 21.3 Å². The maximum atomic E-state index is 13.0. The van der Waals surface area contributed by atoms with Gasteiger partial charge in [0.25, 0.3) is 5.91 Å². The molecule has 3 nitrogen and oxygen atoms in total. The monoisotopic (exact) mass is 318 g/mol. The molecule has 0 spiro atoms. The summed E-state index contributed by atoms with van der Waals surface area (Å²) in [7, 11) is 0. The van der Waals surface area contributed by atoms with E-state index in [-0.39, 0.29) is 26.4 Å². The molecule has 98 valence electrons. The Balaban J connectivity index is 2.32. The normalized spacial score (nSPS) is 10.3. The van der Waals surface area contributed by atoms with E-state index >= 15 is 0 Å². The number of hydrogen-bond donors (Lipinski definition) is 1. The summed E-state index contributed by atoms with van der Waals surface area (Å²) in [6.45, 7) is 0. The minimum atomic E-state index is -0.590. The number of halogens is 4. The molecule has 7 heteroatoms. The van der Waals surface area contributed by atoms with Gasteiger partial charge >= 0.3 is 0 Å². The van der Waals surface area contributed by atoms with E-state index < -0.39 is 11.7 Å². The Kier molecular flexibility index (Phi) is 4.24. The molecule has 0 saturated carbocycles. The molecule has 0 aliphatic heterocycles. The molecule has 0 atom stereocenters. The van der Waals surface area contributed by atoms with Gasteiger partial charge in [0.2, 0.25) is 0 Å². The van der Waals surface area contributed by atoms with Crippen molar-refractivity contribution < 1.29 is 9.18 Å². The van der Waals surface area contributed by atoms with Crippen molar-refractivity contribution in [3.63, 3.8) is 0 Å². The Morgan fingerprint density at radius 1 is 1.21 bits per heavy atom. The third kappa shape index (κ3) is 3.15. The SMILES string of the molecule is O=C(Nc1c(Cl)cc(F)cc1Cl)c1cccnc1Cl. The fraction of sp³-hybridized carbons (Fsp3) is 0. The van der Waals surface area contributed by atoms with Gasteiger partial charge in [-0.1, -0.05) is 34.8 Å². The summed E-state index contributed by atoms with van der Waals surface area (Å²) in [4.78, 5) is 15.8. The van der Waals surface area contributed by atoms with Crippen LogP contribution >= 0.6 is 34.8 Å². The molecule has 2 aromatic rings. The van der Waals surface area contributed by atoms with Crippen LogP contribution in [0.25, 0.3) is 0 Å². The van der Waals surface area contributed by atoms with Crippen LogP contribution in [0.4, 0.5) is 10.1 Å². The summed E-state index contributed by atoms with van der Waals surface area (Å²) in [6.07, 6.45) is 1.46. The number of nitrogens with one attached hydrogen (secondary N) is 1. The molecule has 0 radical (unpaired) electrons. The summed E-state index contributed by atoms with van der Waals surface area (Å²) < 4.78 is 13.0. The van der Waals surface area contributed by atoms with E-state index in [0.717, 1.165) is 12.1 Å². The van der Waals surface area contributed by atoms with Crippen LogP contribution in [-0.2, 0) is 0 Å². The van der Waals surface area contributed by atoms with Crippen LogP contribution in [-0.4, -0.2) is 10.9 Å². The molecule has 1 heterocycles. The third-order valence-electron chi connectivity index (χ3n) is 2.25. The van der Waals surface area contributed by atoms with Crippen molar-refractivity contribution in [1.29, 1.82) is 0 Å². The van der Waals surface area contributed by atoms with E-state index in [1.807, 2.05) is 0 Å². The Morgan fingerprint density at radius 2 is 1.84 bits per heavy atom. The second-order valence-corrected chi connectivity index (χ2v) is 4.71. The third-order valence-corrected chi connectivity index (χ3v) is 3.15. The lowest BCUT2D eigenvalue weighted by molar-refractivity contribution is 0.102. The van der Waals surface area contributed by atoms with Crippen LogP contribution in [0, 0.1) is 5.82 Å². The molecular weight excluding hydrogens is 314 g/mol. The molecule has 1 amide bonds. The lowest BCUT2D eigenvalue weighted by atomic mass is 10.2. The fourth-order valence-corrected chi connectivity index (χ4v) is 2.16. The van der Waals surface area contributed by atoms with Gasteiger partial charge in [0.1, 0.15) is 11.0 Å². The van der Waals surface area contributed by atoms with Gasteiger partial charge in [-0.05, 0) is 24.3 Å². The standard InChI is InChI=1S/C12H6Cl3FN2O/c13-8-4-6(16)5-9(14)10(8)18-12(19)7-2-1-3-17-11(7)15/h1-5H,(H,18,19). The van der Waals surface area contributed by atoms with Crippen molar-refractivity contribution in [2.45, 2.75) is 0 Å². The maximum absolute atomic E-state index is 13.0. The van der Waals surface area contributed by atoms with E-state index in [4.69, 9.17) is 34.8 Å². The van der Waals surface area contributed by atoms with Gasteiger partial charge < -0.3 is 5.32 Å². The average Bonchev–Trinajstić information content (AvgIpc) is 2.34. The molecule has 19 heavy (non-hydrogen) atoms. The predicted molar refractivity (Wildman–Crippen MR) is 73.6 cm³/mol. The molecule has 0 bridgehead atoms. The lowest BCUT2D eigenvalue weighted by Crippen LogP contribution is -2.13. The van der Waals surface area contributed by atoms with Crippen LogP contribution in [0.2, 0.25) is 15.2 Å². The smallest absolute Gasteiger partial charge is 0.258 e. The zero-order valence-electron chi connectivity index (χ0n) is 9.25. The number of nitrogens with zero attached hydrogens (tertiary/aromatic N) is 1. The zero-order valence-corrected chi connectivity index (χ0v) is 11.5. The number of pyridine rings is 1. The van der Waals surface area contributed by atoms with E-state index in [9.17, 15) is 9.18 Å². The highest BCUT2D eigenvalue weighted by Crippen LogP contribution is 2.32. The number of anilines is 1. The van der Waals surface area contributed by atoms with Crippen LogP contribution in [0.1, 0.15) is 10.4 Å². The van der Waals surface area contributed by atoms with Gasteiger partial charge in [0.15, 0.2) is 0 Å². The molecule has 1 aromatic heterocycles. The van der Waals surface area contributed by atoms with Gasteiger partial charge in [-0.15, -0.1) is 0 Å². The summed E-state index contributed by atoms with van der Waals surface area (Å²) in [5.74, 6) is -1.12. The summed E-state index contributed by atoms with van der Waals surface area (Å²) in [5, 5.41) is 2.52. The van der Waals surface area contributed by atoms with E-state index in [1.165, 1.54) is 12.3 Å². The van der Waals surface area contributed by atoms with Crippen LogP contribution in [0.15, 0.2) is 30.5 Å². The first kappa shape index (κ1) is 14.1. The number of carbonyl (C=O) groups is 1. The van der Waals surface area contributed by atoms with Crippen molar-refractivity contribution in [1.82, 2.24) is 4.98 Å². The maximum Gasteiger partial charge on any atom is 0.258 e. The summed E-state index contributed by atoms with van der Waals surface area (Å²) in [5.41, 5.74) is 0.287. The number of carbonyl (C=O) groups excluding carboxylic acids is 1. The Bertz CT molecular complexity index is 626. The van der Waals surface area contributed by atoms with Crippen molar-refractivity contribution in [2.24, 2.45) is 0 Å². The molecule has 0 unspecified atom stereocenters. The molecular formula is C12H6Cl3FN2O. The number of amides is 1. The predicted octanol–water partition coefficient (Wildman–Crippen LogP) is 4.43. The van der Waals surface area contributed by atoms with Crippen LogP contribution in [0.5, 0.6) is 0 Å². The van der Waals surface area contributed by atoms with E-state index in [1.54, 1.807) is 6.07 Å². The molecule has 2 rings (SSSR count). The van der Waals surface area contributed by atoms with Gasteiger partial charge in [-0.25, -0.2) is 9.37 Å².